The van der Waals surface area contributed by atoms with Crippen LogP contribution in [0.15, 0.2) is 28.8 Å². The summed E-state index contributed by atoms with van der Waals surface area (Å²) in [5.41, 5.74) is 1.00. The van der Waals surface area contributed by atoms with E-state index < -0.39 is 0 Å². The number of aromatic nitrogens is 2. The van der Waals surface area contributed by atoms with E-state index in [-0.39, 0.29) is 0 Å². The van der Waals surface area contributed by atoms with E-state index in [0.717, 1.165) is 10.6 Å². The van der Waals surface area contributed by atoms with Gasteiger partial charge >= 0.3 is 0 Å². The molecule has 1 N–H and O–H groups in total. The van der Waals surface area contributed by atoms with E-state index in [4.69, 9.17) is 16.1 Å². The summed E-state index contributed by atoms with van der Waals surface area (Å²) in [6.07, 6.45) is 3.09. The molecule has 0 aliphatic heterocycles. The molecule has 1 aromatic carbocycles. The first-order chi connectivity index (χ1) is 8.81. The van der Waals surface area contributed by atoms with Gasteiger partial charge in [-0.05, 0) is 24.5 Å². The van der Waals surface area contributed by atoms with Gasteiger partial charge in [0, 0.05) is 11.1 Å². The molecule has 5 heteroatoms. The largest absolute Gasteiger partial charge is 0.339 e. The Hall–Kier alpha value is -1.39. The Morgan fingerprint density at radius 2 is 2.17 bits per heavy atom. The van der Waals surface area contributed by atoms with Gasteiger partial charge in [0.15, 0.2) is 5.82 Å². The molecule has 1 heterocycles. The van der Waals surface area contributed by atoms with Crippen LogP contribution < -0.4 is 5.32 Å². The third-order valence-electron chi connectivity index (χ3n) is 2.94. The molecule has 0 bridgehead atoms. The molecule has 0 amide bonds. The minimum atomic E-state index is 0.579. The maximum Gasteiger partial charge on any atom is 0.231 e. The van der Waals surface area contributed by atoms with Crippen molar-refractivity contribution in [1.29, 1.82) is 0 Å². The van der Waals surface area contributed by atoms with Crippen LogP contribution >= 0.6 is 11.6 Å². The second kappa shape index (κ2) is 5.08. The van der Waals surface area contributed by atoms with Crippen molar-refractivity contribution < 1.29 is 4.52 Å². The van der Waals surface area contributed by atoms with Crippen molar-refractivity contribution in [3.8, 4) is 0 Å². The topological polar surface area (TPSA) is 51.0 Å². The fourth-order valence-electron chi connectivity index (χ4n) is 1.76. The Kier molecular flexibility index (Phi) is 3.30. The Morgan fingerprint density at radius 3 is 2.94 bits per heavy atom. The van der Waals surface area contributed by atoms with Gasteiger partial charge in [-0.2, -0.15) is 4.98 Å². The lowest BCUT2D eigenvalue weighted by Gasteiger charge is -1.98. The summed E-state index contributed by atoms with van der Waals surface area (Å²) < 4.78 is 5.22. The number of nitrogens with one attached hydrogen (secondary N) is 1. The molecule has 1 saturated carbocycles. The SMILES string of the molecule is Clc1ccccc1Cc1nc(CNC2CC2)no1. The summed E-state index contributed by atoms with van der Waals surface area (Å²) in [6.45, 7) is 0.677. The average Bonchev–Trinajstić information content (AvgIpc) is 3.10. The van der Waals surface area contributed by atoms with Crippen LogP contribution in [-0.4, -0.2) is 16.2 Å². The number of rotatable bonds is 5. The molecule has 0 saturated heterocycles. The van der Waals surface area contributed by atoms with Gasteiger partial charge in [-0.3, -0.25) is 0 Å². The summed E-state index contributed by atoms with van der Waals surface area (Å²) in [6, 6.07) is 8.34. The smallest absolute Gasteiger partial charge is 0.231 e. The molecule has 0 radical (unpaired) electrons. The maximum atomic E-state index is 6.09. The van der Waals surface area contributed by atoms with Gasteiger partial charge in [0.1, 0.15) is 0 Å². The summed E-state index contributed by atoms with van der Waals surface area (Å²) >= 11 is 6.09. The van der Waals surface area contributed by atoms with Crippen molar-refractivity contribution in [2.24, 2.45) is 0 Å². The van der Waals surface area contributed by atoms with Crippen LogP contribution in [0, 0.1) is 0 Å². The Morgan fingerprint density at radius 1 is 1.33 bits per heavy atom. The molecule has 1 aromatic heterocycles. The number of hydrogen-bond acceptors (Lipinski definition) is 4. The fraction of sp³-hybridized carbons (Fsp3) is 0.385. The number of nitrogens with zero attached hydrogens (tertiary/aromatic N) is 2. The molecular weight excluding hydrogens is 250 g/mol. The second-order valence-electron chi connectivity index (χ2n) is 4.53. The van der Waals surface area contributed by atoms with Crippen molar-refractivity contribution in [2.45, 2.75) is 31.8 Å². The molecular formula is C13H14ClN3O. The zero-order valence-corrected chi connectivity index (χ0v) is 10.7. The molecule has 2 aromatic rings. The first-order valence-electron chi connectivity index (χ1n) is 6.09. The highest BCUT2D eigenvalue weighted by Crippen LogP contribution is 2.20. The summed E-state index contributed by atoms with van der Waals surface area (Å²) in [7, 11) is 0. The third kappa shape index (κ3) is 2.89. The number of halogens is 1. The van der Waals surface area contributed by atoms with E-state index in [0.29, 0.717) is 30.7 Å². The van der Waals surface area contributed by atoms with Crippen LogP contribution in [0.2, 0.25) is 5.02 Å². The van der Waals surface area contributed by atoms with E-state index in [1.807, 2.05) is 24.3 Å². The maximum absolute atomic E-state index is 6.09. The van der Waals surface area contributed by atoms with Gasteiger partial charge in [-0.1, -0.05) is 35.0 Å². The second-order valence-corrected chi connectivity index (χ2v) is 4.93. The zero-order chi connectivity index (χ0) is 12.4. The average molecular weight is 264 g/mol. The van der Waals surface area contributed by atoms with Crippen molar-refractivity contribution in [1.82, 2.24) is 15.5 Å². The third-order valence-corrected chi connectivity index (χ3v) is 3.30. The summed E-state index contributed by atoms with van der Waals surface area (Å²) in [5.74, 6) is 1.32. The monoisotopic (exact) mass is 263 g/mol. The van der Waals surface area contributed by atoms with Gasteiger partial charge in [0.2, 0.25) is 5.89 Å². The molecule has 1 fully saturated rings. The molecule has 0 atom stereocenters. The number of benzene rings is 1. The fourth-order valence-corrected chi connectivity index (χ4v) is 1.96. The van der Waals surface area contributed by atoms with E-state index in [9.17, 15) is 0 Å². The summed E-state index contributed by atoms with van der Waals surface area (Å²) in [4.78, 5) is 4.35. The number of hydrogen-bond donors (Lipinski definition) is 1. The minimum Gasteiger partial charge on any atom is -0.339 e. The van der Waals surface area contributed by atoms with Crippen LogP contribution in [0.5, 0.6) is 0 Å². The predicted molar refractivity (Wildman–Crippen MR) is 68.4 cm³/mol. The molecule has 94 valence electrons. The van der Waals surface area contributed by atoms with Crippen molar-refractivity contribution >= 4 is 11.6 Å². The molecule has 18 heavy (non-hydrogen) atoms. The van der Waals surface area contributed by atoms with Gasteiger partial charge in [-0.15, -0.1) is 0 Å². The Balaban J connectivity index is 1.63. The van der Waals surface area contributed by atoms with Crippen molar-refractivity contribution in [3.63, 3.8) is 0 Å². The highest BCUT2D eigenvalue weighted by atomic mass is 35.5. The standard InChI is InChI=1S/C13H14ClN3O/c14-11-4-2-1-3-9(11)7-13-16-12(17-18-13)8-15-10-5-6-10/h1-4,10,15H,5-8H2. The van der Waals surface area contributed by atoms with Crippen LogP contribution in [0.3, 0.4) is 0 Å². The van der Waals surface area contributed by atoms with E-state index in [1.54, 1.807) is 0 Å². The van der Waals surface area contributed by atoms with Gasteiger partial charge in [0.05, 0.1) is 13.0 Å². The molecule has 0 spiro atoms. The van der Waals surface area contributed by atoms with Gasteiger partial charge in [-0.25, -0.2) is 0 Å². The first-order valence-corrected chi connectivity index (χ1v) is 6.47. The normalized spacial score (nSPS) is 14.9. The quantitative estimate of drug-likeness (QED) is 0.901. The van der Waals surface area contributed by atoms with Crippen LogP contribution in [0.4, 0.5) is 0 Å². The molecule has 1 aliphatic rings. The van der Waals surface area contributed by atoms with Crippen LogP contribution in [0.1, 0.15) is 30.1 Å². The highest BCUT2D eigenvalue weighted by Gasteiger charge is 2.21. The predicted octanol–water partition coefficient (Wildman–Crippen LogP) is 2.57. The van der Waals surface area contributed by atoms with Crippen molar-refractivity contribution in [3.05, 3.63) is 46.6 Å². The first kappa shape index (κ1) is 11.7. The van der Waals surface area contributed by atoms with Crippen LogP contribution in [0.25, 0.3) is 0 Å². The molecule has 0 unspecified atom stereocenters. The van der Waals surface area contributed by atoms with E-state index >= 15 is 0 Å². The zero-order valence-electron chi connectivity index (χ0n) is 9.90. The van der Waals surface area contributed by atoms with Crippen LogP contribution in [-0.2, 0) is 13.0 Å². The lowest BCUT2D eigenvalue weighted by molar-refractivity contribution is 0.377. The molecule has 1 aliphatic carbocycles. The van der Waals surface area contributed by atoms with E-state index in [2.05, 4.69) is 15.5 Å². The molecule has 4 nitrogen and oxygen atoms in total. The molecule has 3 rings (SSSR count). The Bertz CT molecular complexity index is 537. The lowest BCUT2D eigenvalue weighted by Crippen LogP contribution is -2.16. The van der Waals surface area contributed by atoms with Gasteiger partial charge in [0.25, 0.3) is 0 Å². The van der Waals surface area contributed by atoms with E-state index in [1.165, 1.54) is 12.8 Å². The van der Waals surface area contributed by atoms with Crippen molar-refractivity contribution in [2.75, 3.05) is 0 Å². The highest BCUT2D eigenvalue weighted by molar-refractivity contribution is 6.31. The summed E-state index contributed by atoms with van der Waals surface area (Å²) in [5, 5.41) is 8.03. The Labute approximate surface area is 110 Å². The minimum absolute atomic E-state index is 0.579. The lowest BCUT2D eigenvalue weighted by atomic mass is 10.1. The van der Waals surface area contributed by atoms with Gasteiger partial charge < -0.3 is 9.84 Å².